The number of hydrogen-bond acceptors (Lipinski definition) is 6. The molecule has 37 heavy (non-hydrogen) atoms. The van der Waals surface area contributed by atoms with Crippen molar-refractivity contribution >= 4 is 40.1 Å². The van der Waals surface area contributed by atoms with Gasteiger partial charge in [-0.1, -0.05) is 36.4 Å². The van der Waals surface area contributed by atoms with Gasteiger partial charge in [-0.25, -0.2) is 4.79 Å². The van der Waals surface area contributed by atoms with Gasteiger partial charge in [0.1, 0.15) is 24.0 Å². The fourth-order valence-electron chi connectivity index (χ4n) is 3.65. The molecule has 4 aromatic rings. The van der Waals surface area contributed by atoms with Gasteiger partial charge >= 0.3 is 5.97 Å². The van der Waals surface area contributed by atoms with Gasteiger partial charge in [-0.2, -0.15) is 5.26 Å². The molecule has 0 saturated carbocycles. The van der Waals surface area contributed by atoms with Gasteiger partial charge in [-0.15, -0.1) is 0 Å². The monoisotopic (exact) mass is 493 g/mol. The number of carbonyl (C=O) groups is 2. The third-order valence-electron chi connectivity index (χ3n) is 5.49. The molecular weight excluding hydrogens is 474 g/mol. The molecule has 0 fully saturated rings. The van der Waals surface area contributed by atoms with E-state index in [2.05, 4.69) is 5.32 Å². The van der Waals surface area contributed by atoms with Crippen LogP contribution in [0.2, 0.25) is 0 Å². The van der Waals surface area contributed by atoms with E-state index in [1.165, 1.54) is 42.5 Å². The van der Waals surface area contributed by atoms with E-state index in [9.17, 15) is 30.1 Å². The van der Waals surface area contributed by atoms with E-state index in [-0.39, 0.29) is 29.1 Å². The molecule has 2 N–H and O–H groups in total. The van der Waals surface area contributed by atoms with Gasteiger partial charge in [0.15, 0.2) is 0 Å². The molecule has 0 unspecified atom stereocenters. The van der Waals surface area contributed by atoms with Gasteiger partial charge in [-0.05, 0) is 58.8 Å². The van der Waals surface area contributed by atoms with E-state index in [0.717, 1.165) is 10.8 Å². The van der Waals surface area contributed by atoms with Crippen molar-refractivity contribution in [2.24, 2.45) is 0 Å². The zero-order valence-corrected chi connectivity index (χ0v) is 19.3. The first kappa shape index (κ1) is 24.6. The molecule has 0 heterocycles. The van der Waals surface area contributed by atoms with Crippen molar-refractivity contribution in [3.05, 3.63) is 117 Å². The Hall–Kier alpha value is -5.49. The quantitative estimate of drug-likeness (QED) is 0.141. The third-order valence-corrected chi connectivity index (χ3v) is 5.49. The van der Waals surface area contributed by atoms with Crippen molar-refractivity contribution in [2.75, 3.05) is 5.32 Å². The Balaban J connectivity index is 1.66. The number of aromatic carboxylic acids is 1. The summed E-state index contributed by atoms with van der Waals surface area (Å²) in [5.74, 6) is -1.44. The average Bonchev–Trinajstić information content (AvgIpc) is 2.91. The van der Waals surface area contributed by atoms with Crippen molar-refractivity contribution in [3.63, 3.8) is 0 Å². The topological polar surface area (TPSA) is 143 Å². The summed E-state index contributed by atoms with van der Waals surface area (Å²) in [5, 5.41) is 34.0. The number of hydrogen-bond donors (Lipinski definition) is 2. The van der Waals surface area contributed by atoms with Crippen LogP contribution in [0, 0.1) is 21.4 Å². The van der Waals surface area contributed by atoms with Crippen LogP contribution in [0.15, 0.2) is 90.5 Å². The molecule has 0 spiro atoms. The van der Waals surface area contributed by atoms with Crippen molar-refractivity contribution < 1.29 is 24.4 Å². The van der Waals surface area contributed by atoms with Crippen LogP contribution in [-0.4, -0.2) is 21.9 Å². The van der Waals surface area contributed by atoms with Crippen LogP contribution >= 0.6 is 0 Å². The Morgan fingerprint density at radius 2 is 1.78 bits per heavy atom. The Morgan fingerprint density at radius 3 is 2.49 bits per heavy atom. The third kappa shape index (κ3) is 5.78. The van der Waals surface area contributed by atoms with Crippen molar-refractivity contribution in [3.8, 4) is 11.8 Å². The SMILES string of the molecule is N#C/C(=C/c1c(OCc2ccc([N+](=O)[O-])cc2)ccc2ccccc12)C(=O)Nc1cccc(C(=O)O)c1. The average molecular weight is 493 g/mol. The van der Waals surface area contributed by atoms with Gasteiger partial charge in [0.2, 0.25) is 0 Å². The first-order valence-electron chi connectivity index (χ1n) is 11.0. The van der Waals surface area contributed by atoms with Crippen LogP contribution in [0.1, 0.15) is 21.5 Å². The maximum Gasteiger partial charge on any atom is 0.335 e. The van der Waals surface area contributed by atoms with Crippen molar-refractivity contribution in [2.45, 2.75) is 6.61 Å². The fourth-order valence-corrected chi connectivity index (χ4v) is 3.65. The van der Waals surface area contributed by atoms with Gasteiger partial charge in [-0.3, -0.25) is 14.9 Å². The largest absolute Gasteiger partial charge is 0.488 e. The summed E-state index contributed by atoms with van der Waals surface area (Å²) in [4.78, 5) is 34.5. The van der Waals surface area contributed by atoms with E-state index < -0.39 is 16.8 Å². The van der Waals surface area contributed by atoms with Crippen LogP contribution in [0.25, 0.3) is 16.8 Å². The number of ether oxygens (including phenoxy) is 1. The number of nitro benzene ring substituents is 1. The minimum Gasteiger partial charge on any atom is -0.488 e. The van der Waals surface area contributed by atoms with E-state index in [4.69, 9.17) is 4.74 Å². The summed E-state index contributed by atoms with van der Waals surface area (Å²) in [5.41, 5.74) is 1.19. The lowest BCUT2D eigenvalue weighted by Crippen LogP contribution is -2.14. The highest BCUT2D eigenvalue weighted by Crippen LogP contribution is 2.31. The molecule has 1 amide bonds. The number of carbonyl (C=O) groups excluding carboxylic acids is 1. The van der Waals surface area contributed by atoms with Gasteiger partial charge < -0.3 is 15.2 Å². The molecule has 0 aliphatic heterocycles. The number of amides is 1. The molecule has 0 saturated heterocycles. The predicted molar refractivity (Wildman–Crippen MR) is 137 cm³/mol. The van der Waals surface area contributed by atoms with Gasteiger partial charge in [0, 0.05) is 23.4 Å². The number of benzene rings is 4. The number of nitriles is 1. The number of non-ortho nitro benzene ring substituents is 1. The van der Waals surface area contributed by atoms with E-state index in [1.807, 2.05) is 36.4 Å². The first-order chi connectivity index (χ1) is 17.9. The summed E-state index contributed by atoms with van der Waals surface area (Å²) in [7, 11) is 0. The summed E-state index contributed by atoms with van der Waals surface area (Å²) in [6.45, 7) is 0.104. The summed E-state index contributed by atoms with van der Waals surface area (Å²) >= 11 is 0. The van der Waals surface area contributed by atoms with Crippen molar-refractivity contribution in [1.29, 1.82) is 5.26 Å². The lowest BCUT2D eigenvalue weighted by atomic mass is 10.0. The highest BCUT2D eigenvalue weighted by atomic mass is 16.6. The van der Waals surface area contributed by atoms with Crippen molar-refractivity contribution in [1.82, 2.24) is 0 Å². The molecule has 4 aromatic carbocycles. The summed E-state index contributed by atoms with van der Waals surface area (Å²) in [6, 6.07) is 24.5. The van der Waals surface area contributed by atoms with Gasteiger partial charge in [0.25, 0.3) is 11.6 Å². The van der Waals surface area contributed by atoms with E-state index in [0.29, 0.717) is 16.9 Å². The molecule has 0 aromatic heterocycles. The van der Waals surface area contributed by atoms with Crippen LogP contribution < -0.4 is 10.1 Å². The number of carboxylic acids is 1. The second-order valence-electron chi connectivity index (χ2n) is 7.92. The Labute approximate surface area is 211 Å². The Morgan fingerprint density at radius 1 is 1.03 bits per heavy atom. The number of rotatable bonds is 8. The number of nitrogens with one attached hydrogen (secondary N) is 1. The summed E-state index contributed by atoms with van der Waals surface area (Å²) < 4.78 is 6.00. The second-order valence-corrected chi connectivity index (χ2v) is 7.92. The number of anilines is 1. The maximum absolute atomic E-state index is 12.9. The van der Waals surface area contributed by atoms with E-state index in [1.54, 1.807) is 18.2 Å². The molecule has 0 bridgehead atoms. The molecule has 0 atom stereocenters. The maximum atomic E-state index is 12.9. The molecule has 9 heteroatoms. The van der Waals surface area contributed by atoms with Crippen LogP contribution in [0.3, 0.4) is 0 Å². The highest BCUT2D eigenvalue weighted by Gasteiger charge is 2.15. The number of fused-ring (bicyclic) bond motifs is 1. The molecular formula is C28H19N3O6. The van der Waals surface area contributed by atoms with Crippen LogP contribution in [0.4, 0.5) is 11.4 Å². The normalized spacial score (nSPS) is 10.9. The smallest absolute Gasteiger partial charge is 0.335 e. The lowest BCUT2D eigenvalue weighted by Gasteiger charge is -2.13. The number of carboxylic acid groups (broad SMARTS) is 1. The van der Waals surface area contributed by atoms with Crippen LogP contribution in [0.5, 0.6) is 5.75 Å². The number of nitrogens with zero attached hydrogens (tertiary/aromatic N) is 2. The van der Waals surface area contributed by atoms with E-state index >= 15 is 0 Å². The molecule has 0 aliphatic carbocycles. The molecule has 0 radical (unpaired) electrons. The summed E-state index contributed by atoms with van der Waals surface area (Å²) in [6.07, 6.45) is 1.42. The lowest BCUT2D eigenvalue weighted by molar-refractivity contribution is -0.384. The first-order valence-corrected chi connectivity index (χ1v) is 11.0. The zero-order chi connectivity index (χ0) is 26.4. The minimum atomic E-state index is -1.14. The number of nitro groups is 1. The Bertz CT molecular complexity index is 1590. The van der Waals surface area contributed by atoms with Crippen LogP contribution in [-0.2, 0) is 11.4 Å². The minimum absolute atomic E-state index is 0.00345. The predicted octanol–water partition coefficient (Wildman–Crippen LogP) is 5.57. The molecule has 4 rings (SSSR count). The molecule has 0 aliphatic rings. The standard InChI is InChI=1S/C28H19N3O6/c29-16-21(27(32)30-22-6-3-5-20(14-22)28(33)34)15-25-24-7-2-1-4-19(24)10-13-26(25)37-17-18-8-11-23(12-9-18)31(35)36/h1-15H,17H2,(H,30,32)(H,33,34)/b21-15-. The highest BCUT2D eigenvalue weighted by molar-refractivity contribution is 6.11. The zero-order valence-electron chi connectivity index (χ0n) is 19.3. The fraction of sp³-hybridized carbons (Fsp3) is 0.0357. The van der Waals surface area contributed by atoms with Gasteiger partial charge in [0.05, 0.1) is 10.5 Å². The molecule has 182 valence electrons. The Kier molecular flexibility index (Phi) is 7.21. The second kappa shape index (κ2) is 10.8. The molecule has 9 nitrogen and oxygen atoms in total.